The van der Waals surface area contributed by atoms with Gasteiger partial charge in [0.25, 0.3) is 0 Å². The standard InChI is InChI=1S/C23H20N2O3/c1-16-3-2-4-21(19-8-10-27-14-19)23(16)28-15-20(26)13-24-12-17-5-6-18-7-9-25-22(18)11-17/h2-12,14,25H,13,15H2,1H3. The molecule has 28 heavy (non-hydrogen) atoms. The molecular weight excluding hydrogens is 352 g/mol. The lowest BCUT2D eigenvalue weighted by Crippen LogP contribution is -2.15. The first kappa shape index (κ1) is 17.8. The average molecular weight is 372 g/mol. The molecule has 0 atom stereocenters. The van der Waals surface area contributed by atoms with Gasteiger partial charge < -0.3 is 14.1 Å². The van der Waals surface area contributed by atoms with Crippen molar-refractivity contribution < 1.29 is 13.9 Å². The molecule has 0 aliphatic heterocycles. The van der Waals surface area contributed by atoms with Crippen molar-refractivity contribution in [2.45, 2.75) is 6.92 Å². The van der Waals surface area contributed by atoms with E-state index in [4.69, 9.17) is 9.15 Å². The number of benzene rings is 2. The van der Waals surface area contributed by atoms with Gasteiger partial charge in [0.05, 0.1) is 12.5 Å². The number of rotatable bonds is 7. The lowest BCUT2D eigenvalue weighted by atomic mass is 10.0. The summed E-state index contributed by atoms with van der Waals surface area (Å²) >= 11 is 0. The summed E-state index contributed by atoms with van der Waals surface area (Å²) in [5.41, 5.74) is 4.79. The minimum Gasteiger partial charge on any atom is -0.485 e. The molecule has 2 aromatic carbocycles. The van der Waals surface area contributed by atoms with Crippen molar-refractivity contribution in [1.29, 1.82) is 0 Å². The first-order valence-electron chi connectivity index (χ1n) is 9.04. The van der Waals surface area contributed by atoms with Crippen LogP contribution in [-0.2, 0) is 4.79 Å². The number of furan rings is 1. The van der Waals surface area contributed by atoms with Crippen molar-refractivity contribution in [3.8, 4) is 16.9 Å². The van der Waals surface area contributed by atoms with Gasteiger partial charge in [-0.05, 0) is 41.6 Å². The second-order valence-electron chi connectivity index (χ2n) is 6.59. The summed E-state index contributed by atoms with van der Waals surface area (Å²) in [7, 11) is 0. The second-order valence-corrected chi connectivity index (χ2v) is 6.59. The molecule has 0 aliphatic rings. The smallest absolute Gasteiger partial charge is 0.191 e. The van der Waals surface area contributed by atoms with Crippen molar-refractivity contribution in [2.75, 3.05) is 13.2 Å². The lowest BCUT2D eigenvalue weighted by Gasteiger charge is -2.12. The number of carbonyl (C=O) groups excluding carboxylic acids is 1. The van der Waals surface area contributed by atoms with Gasteiger partial charge in [-0.25, -0.2) is 0 Å². The highest BCUT2D eigenvalue weighted by molar-refractivity contribution is 5.90. The number of hydrogen-bond acceptors (Lipinski definition) is 4. The molecule has 0 fully saturated rings. The fourth-order valence-corrected chi connectivity index (χ4v) is 3.09. The molecule has 0 saturated carbocycles. The number of para-hydroxylation sites is 1. The van der Waals surface area contributed by atoms with Gasteiger partial charge in [-0.3, -0.25) is 9.79 Å². The van der Waals surface area contributed by atoms with Crippen LogP contribution < -0.4 is 4.74 Å². The molecule has 2 heterocycles. The highest BCUT2D eigenvalue weighted by Crippen LogP contribution is 2.33. The summed E-state index contributed by atoms with van der Waals surface area (Å²) in [6.45, 7) is 2.01. The zero-order valence-corrected chi connectivity index (χ0v) is 15.5. The van der Waals surface area contributed by atoms with Crippen LogP contribution in [0.5, 0.6) is 5.75 Å². The first-order valence-corrected chi connectivity index (χ1v) is 9.04. The van der Waals surface area contributed by atoms with Crippen LogP contribution in [0.2, 0.25) is 0 Å². The molecule has 5 heteroatoms. The van der Waals surface area contributed by atoms with Crippen molar-refractivity contribution in [3.63, 3.8) is 0 Å². The minimum absolute atomic E-state index is 0.0251. The van der Waals surface area contributed by atoms with E-state index in [2.05, 4.69) is 9.98 Å². The summed E-state index contributed by atoms with van der Waals surface area (Å²) in [5, 5.41) is 1.15. The molecule has 0 unspecified atom stereocenters. The van der Waals surface area contributed by atoms with E-state index in [1.54, 1.807) is 18.7 Å². The Labute approximate surface area is 162 Å². The normalized spacial score (nSPS) is 11.3. The van der Waals surface area contributed by atoms with E-state index in [0.717, 1.165) is 33.2 Å². The van der Waals surface area contributed by atoms with Gasteiger partial charge in [-0.2, -0.15) is 0 Å². The molecule has 0 amide bonds. The number of hydrogen-bond donors (Lipinski definition) is 1. The van der Waals surface area contributed by atoms with Gasteiger partial charge in [-0.1, -0.05) is 30.3 Å². The number of aliphatic imine (C=N–C) groups is 1. The molecule has 0 aliphatic carbocycles. The lowest BCUT2D eigenvalue weighted by molar-refractivity contribution is -0.119. The van der Waals surface area contributed by atoms with Crippen LogP contribution in [0.25, 0.3) is 22.0 Å². The fraction of sp³-hybridized carbons (Fsp3) is 0.130. The topological polar surface area (TPSA) is 67.6 Å². The van der Waals surface area contributed by atoms with E-state index in [1.165, 1.54) is 0 Å². The van der Waals surface area contributed by atoms with E-state index in [1.807, 2.05) is 61.7 Å². The summed E-state index contributed by atoms with van der Waals surface area (Å²) in [4.78, 5) is 19.6. The van der Waals surface area contributed by atoms with Crippen LogP contribution in [0.15, 0.2) is 76.7 Å². The quantitative estimate of drug-likeness (QED) is 0.474. The number of fused-ring (bicyclic) bond motifs is 1. The third-order valence-corrected chi connectivity index (χ3v) is 4.51. The first-order chi connectivity index (χ1) is 13.7. The average Bonchev–Trinajstić information content (AvgIpc) is 3.38. The fourth-order valence-electron chi connectivity index (χ4n) is 3.09. The third-order valence-electron chi connectivity index (χ3n) is 4.51. The van der Waals surface area contributed by atoms with E-state index in [-0.39, 0.29) is 18.9 Å². The Bertz CT molecular complexity index is 1120. The number of nitrogens with zero attached hydrogens (tertiary/aromatic N) is 1. The Hall–Kier alpha value is -3.60. The molecular formula is C23H20N2O3. The van der Waals surface area contributed by atoms with Crippen LogP contribution in [-0.4, -0.2) is 30.1 Å². The maximum absolute atomic E-state index is 12.2. The number of Topliss-reactive ketones (excluding diaryl/α,β-unsaturated/α-hetero) is 1. The summed E-state index contributed by atoms with van der Waals surface area (Å²) in [5.74, 6) is 0.608. The van der Waals surface area contributed by atoms with Crippen molar-refractivity contribution in [1.82, 2.24) is 4.98 Å². The Morgan fingerprint density at radius 1 is 1.21 bits per heavy atom. The minimum atomic E-state index is -0.0846. The number of aromatic nitrogens is 1. The van der Waals surface area contributed by atoms with E-state index in [0.29, 0.717) is 5.75 Å². The molecule has 4 aromatic rings. The maximum Gasteiger partial charge on any atom is 0.191 e. The SMILES string of the molecule is Cc1cccc(-c2ccoc2)c1OCC(=O)CN=Cc1ccc2cc[nH]c2c1. The second kappa shape index (κ2) is 7.96. The van der Waals surface area contributed by atoms with Crippen molar-refractivity contribution >= 4 is 22.9 Å². The predicted octanol–water partition coefficient (Wildman–Crippen LogP) is 4.80. The Morgan fingerprint density at radius 3 is 3.00 bits per heavy atom. The Morgan fingerprint density at radius 2 is 2.14 bits per heavy atom. The van der Waals surface area contributed by atoms with Gasteiger partial charge in [0.1, 0.15) is 18.9 Å². The summed E-state index contributed by atoms with van der Waals surface area (Å²) in [6.07, 6.45) is 6.89. The van der Waals surface area contributed by atoms with Crippen LogP contribution in [0.3, 0.4) is 0 Å². The maximum atomic E-state index is 12.2. The van der Waals surface area contributed by atoms with Gasteiger partial charge >= 0.3 is 0 Å². The number of ketones is 1. The van der Waals surface area contributed by atoms with Crippen LogP contribution >= 0.6 is 0 Å². The summed E-state index contributed by atoms with van der Waals surface area (Å²) < 4.78 is 11.0. The number of H-pyrrole nitrogens is 1. The Kier molecular flexibility index (Phi) is 5.06. The van der Waals surface area contributed by atoms with Crippen LogP contribution in [0.1, 0.15) is 11.1 Å². The van der Waals surface area contributed by atoms with Crippen LogP contribution in [0, 0.1) is 6.92 Å². The Balaban J connectivity index is 1.38. The van der Waals surface area contributed by atoms with E-state index in [9.17, 15) is 4.79 Å². The molecule has 140 valence electrons. The summed E-state index contributed by atoms with van der Waals surface area (Å²) in [6, 6.07) is 15.8. The van der Waals surface area contributed by atoms with Crippen molar-refractivity contribution in [2.24, 2.45) is 4.99 Å². The van der Waals surface area contributed by atoms with E-state index < -0.39 is 0 Å². The number of aromatic amines is 1. The van der Waals surface area contributed by atoms with Gasteiger partial charge in [0, 0.05) is 29.1 Å². The molecule has 5 nitrogen and oxygen atoms in total. The zero-order chi connectivity index (χ0) is 19.3. The zero-order valence-electron chi connectivity index (χ0n) is 15.5. The third kappa shape index (κ3) is 3.88. The highest BCUT2D eigenvalue weighted by Gasteiger charge is 2.12. The van der Waals surface area contributed by atoms with Crippen LogP contribution in [0.4, 0.5) is 0 Å². The molecule has 4 rings (SSSR count). The number of carbonyl (C=O) groups is 1. The monoisotopic (exact) mass is 372 g/mol. The molecule has 0 bridgehead atoms. The molecule has 0 spiro atoms. The van der Waals surface area contributed by atoms with Gasteiger partial charge in [0.2, 0.25) is 0 Å². The van der Waals surface area contributed by atoms with E-state index >= 15 is 0 Å². The van der Waals surface area contributed by atoms with Crippen molar-refractivity contribution in [3.05, 3.63) is 78.4 Å². The molecule has 0 saturated heterocycles. The molecule has 2 aromatic heterocycles. The largest absolute Gasteiger partial charge is 0.485 e. The molecule has 0 radical (unpaired) electrons. The van der Waals surface area contributed by atoms with Gasteiger partial charge in [-0.15, -0.1) is 0 Å². The molecule has 1 N–H and O–H groups in total. The number of aryl methyl sites for hydroxylation is 1. The predicted molar refractivity (Wildman–Crippen MR) is 110 cm³/mol. The van der Waals surface area contributed by atoms with Gasteiger partial charge in [0.15, 0.2) is 5.78 Å². The number of ether oxygens (including phenoxy) is 1. The highest BCUT2D eigenvalue weighted by atomic mass is 16.5. The number of nitrogens with one attached hydrogen (secondary N) is 1.